The molecule has 0 aliphatic carbocycles. The number of phenols is 1. The lowest BCUT2D eigenvalue weighted by Gasteiger charge is -2.15. The summed E-state index contributed by atoms with van der Waals surface area (Å²) in [5.74, 6) is 0.304. The number of rotatable bonds is 3. The molecule has 0 bridgehead atoms. The van der Waals surface area contributed by atoms with E-state index in [1.54, 1.807) is 6.20 Å². The molecule has 0 saturated heterocycles. The van der Waals surface area contributed by atoms with Crippen LogP contribution in [-0.2, 0) is 6.54 Å². The molecule has 0 fully saturated rings. The molecule has 0 aliphatic heterocycles. The van der Waals surface area contributed by atoms with Crippen molar-refractivity contribution in [1.82, 2.24) is 9.88 Å². The number of benzene rings is 1. The van der Waals surface area contributed by atoms with E-state index in [9.17, 15) is 5.11 Å². The van der Waals surface area contributed by atoms with Crippen molar-refractivity contribution in [1.29, 1.82) is 0 Å². The van der Waals surface area contributed by atoms with E-state index >= 15 is 0 Å². The van der Waals surface area contributed by atoms with E-state index in [1.807, 2.05) is 31.3 Å². The molecule has 16 heavy (non-hydrogen) atoms. The fourth-order valence-corrected chi connectivity index (χ4v) is 1.70. The number of phenolic OH excluding ortho intramolecular Hbond substituents is 1. The molecule has 84 valence electrons. The third kappa shape index (κ3) is 1.99. The van der Waals surface area contributed by atoms with Crippen molar-refractivity contribution in [3.05, 3.63) is 36.0 Å². The molecular weight excluding hydrogens is 200 g/mol. The first-order valence-corrected chi connectivity index (χ1v) is 5.46. The van der Waals surface area contributed by atoms with E-state index in [4.69, 9.17) is 0 Å². The summed E-state index contributed by atoms with van der Waals surface area (Å²) in [4.78, 5) is 6.35. The molecule has 0 saturated carbocycles. The summed E-state index contributed by atoms with van der Waals surface area (Å²) in [5.41, 5.74) is 1.61. The average molecular weight is 216 g/mol. The van der Waals surface area contributed by atoms with Gasteiger partial charge in [-0.2, -0.15) is 0 Å². The number of hydrogen-bond acceptors (Lipinski definition) is 3. The molecule has 3 heteroatoms. The monoisotopic (exact) mass is 216 g/mol. The fourth-order valence-electron chi connectivity index (χ4n) is 1.70. The van der Waals surface area contributed by atoms with Crippen molar-refractivity contribution in [3.63, 3.8) is 0 Å². The predicted molar refractivity (Wildman–Crippen MR) is 65.4 cm³/mol. The molecule has 3 nitrogen and oxygen atoms in total. The summed E-state index contributed by atoms with van der Waals surface area (Å²) in [6.45, 7) is 3.80. The second kappa shape index (κ2) is 4.49. The fraction of sp³-hybridized carbons (Fsp3) is 0.308. The van der Waals surface area contributed by atoms with E-state index < -0.39 is 0 Å². The van der Waals surface area contributed by atoms with Gasteiger partial charge in [-0.05, 0) is 19.7 Å². The summed E-state index contributed by atoms with van der Waals surface area (Å²) in [5, 5.41) is 11.1. The third-order valence-electron chi connectivity index (χ3n) is 2.81. The maximum atomic E-state index is 10.1. The molecule has 0 atom stereocenters. The Morgan fingerprint density at radius 2 is 2.12 bits per heavy atom. The van der Waals surface area contributed by atoms with Gasteiger partial charge in [-0.15, -0.1) is 0 Å². The van der Waals surface area contributed by atoms with E-state index in [-0.39, 0.29) is 0 Å². The minimum absolute atomic E-state index is 0.304. The number of aromatic hydroxyl groups is 1. The van der Waals surface area contributed by atoms with Gasteiger partial charge in [-0.25, -0.2) is 0 Å². The first kappa shape index (κ1) is 10.9. The highest BCUT2D eigenvalue weighted by molar-refractivity contribution is 5.85. The smallest absolute Gasteiger partial charge is 0.146 e. The van der Waals surface area contributed by atoms with Crippen LogP contribution in [0.3, 0.4) is 0 Å². The van der Waals surface area contributed by atoms with Gasteiger partial charge in [0.2, 0.25) is 0 Å². The number of fused-ring (bicyclic) bond motifs is 1. The first-order valence-electron chi connectivity index (χ1n) is 5.46. The maximum absolute atomic E-state index is 10.1. The van der Waals surface area contributed by atoms with Crippen molar-refractivity contribution in [3.8, 4) is 5.75 Å². The van der Waals surface area contributed by atoms with Crippen molar-refractivity contribution < 1.29 is 5.11 Å². The van der Waals surface area contributed by atoms with Gasteiger partial charge in [-0.3, -0.25) is 4.98 Å². The third-order valence-corrected chi connectivity index (χ3v) is 2.81. The molecule has 0 radical (unpaired) electrons. The van der Waals surface area contributed by atoms with Crippen molar-refractivity contribution in [2.24, 2.45) is 0 Å². The van der Waals surface area contributed by atoms with Gasteiger partial charge in [0.05, 0.1) is 0 Å². The van der Waals surface area contributed by atoms with Gasteiger partial charge in [0, 0.05) is 23.7 Å². The predicted octanol–water partition coefficient (Wildman–Crippen LogP) is 2.39. The summed E-state index contributed by atoms with van der Waals surface area (Å²) in [6.07, 6.45) is 1.70. The minimum atomic E-state index is 0.304. The Labute approximate surface area is 95.3 Å². The van der Waals surface area contributed by atoms with Gasteiger partial charge in [0.25, 0.3) is 0 Å². The molecule has 2 rings (SSSR count). The van der Waals surface area contributed by atoms with Crippen LogP contribution in [0.4, 0.5) is 0 Å². The second-order valence-electron chi connectivity index (χ2n) is 3.98. The van der Waals surface area contributed by atoms with Crippen LogP contribution in [0.5, 0.6) is 5.75 Å². The number of hydrogen-bond donors (Lipinski definition) is 1. The van der Waals surface area contributed by atoms with Gasteiger partial charge in [-0.1, -0.05) is 25.1 Å². The Kier molecular flexibility index (Phi) is 3.06. The lowest BCUT2D eigenvalue weighted by molar-refractivity contribution is 0.338. The summed E-state index contributed by atoms with van der Waals surface area (Å²) >= 11 is 0. The standard InChI is InChI=1S/C13H16N2O/c1-3-15(2)9-11-7-6-10-5-4-8-14-12(10)13(11)16/h4-8,16H,3,9H2,1-2H3. The SMILES string of the molecule is CCN(C)Cc1ccc2cccnc2c1O. The first-order chi connectivity index (χ1) is 7.72. The van der Waals surface area contributed by atoms with Crippen LogP contribution in [0.2, 0.25) is 0 Å². The molecule has 0 unspecified atom stereocenters. The highest BCUT2D eigenvalue weighted by Gasteiger charge is 2.08. The van der Waals surface area contributed by atoms with Crippen molar-refractivity contribution in [2.75, 3.05) is 13.6 Å². The average Bonchev–Trinajstić information content (AvgIpc) is 2.33. The number of pyridine rings is 1. The van der Waals surface area contributed by atoms with Crippen LogP contribution in [0.15, 0.2) is 30.5 Å². The Bertz CT molecular complexity index is 496. The molecule has 2 aromatic rings. The van der Waals surface area contributed by atoms with Crippen LogP contribution < -0.4 is 0 Å². The molecular formula is C13H16N2O. The Balaban J connectivity index is 2.44. The zero-order valence-electron chi connectivity index (χ0n) is 9.64. The number of nitrogens with zero attached hydrogens (tertiary/aromatic N) is 2. The highest BCUT2D eigenvalue weighted by Crippen LogP contribution is 2.27. The normalized spacial score (nSPS) is 11.2. The van der Waals surface area contributed by atoms with Crippen molar-refractivity contribution >= 4 is 10.9 Å². The quantitative estimate of drug-likeness (QED) is 0.855. The van der Waals surface area contributed by atoms with Crippen LogP contribution in [-0.4, -0.2) is 28.6 Å². The molecule has 1 aromatic carbocycles. The van der Waals surface area contributed by atoms with E-state index in [1.165, 1.54) is 0 Å². The Morgan fingerprint density at radius 3 is 2.88 bits per heavy atom. The van der Waals surface area contributed by atoms with Crippen LogP contribution in [0, 0.1) is 0 Å². The molecule has 1 heterocycles. The van der Waals surface area contributed by atoms with Gasteiger partial charge < -0.3 is 10.0 Å². The second-order valence-corrected chi connectivity index (χ2v) is 3.98. The van der Waals surface area contributed by atoms with Gasteiger partial charge in [0.1, 0.15) is 11.3 Å². The minimum Gasteiger partial charge on any atom is -0.505 e. The maximum Gasteiger partial charge on any atom is 0.146 e. The molecule has 1 N–H and O–H groups in total. The lowest BCUT2D eigenvalue weighted by Crippen LogP contribution is -2.16. The zero-order chi connectivity index (χ0) is 11.5. The zero-order valence-corrected chi connectivity index (χ0v) is 9.64. The van der Waals surface area contributed by atoms with Gasteiger partial charge >= 0.3 is 0 Å². The molecule has 0 spiro atoms. The largest absolute Gasteiger partial charge is 0.505 e. The lowest BCUT2D eigenvalue weighted by atomic mass is 10.1. The van der Waals surface area contributed by atoms with E-state index in [0.717, 1.165) is 24.0 Å². The van der Waals surface area contributed by atoms with Crippen molar-refractivity contribution in [2.45, 2.75) is 13.5 Å². The molecule has 0 aliphatic rings. The van der Waals surface area contributed by atoms with Crippen LogP contribution >= 0.6 is 0 Å². The number of aromatic nitrogens is 1. The van der Waals surface area contributed by atoms with Crippen LogP contribution in [0.25, 0.3) is 10.9 Å². The van der Waals surface area contributed by atoms with Gasteiger partial charge in [0.15, 0.2) is 0 Å². The van der Waals surface area contributed by atoms with Crippen LogP contribution in [0.1, 0.15) is 12.5 Å². The highest BCUT2D eigenvalue weighted by atomic mass is 16.3. The molecule has 0 amide bonds. The van der Waals surface area contributed by atoms with E-state index in [2.05, 4.69) is 16.8 Å². The van der Waals surface area contributed by atoms with E-state index in [0.29, 0.717) is 11.3 Å². The Morgan fingerprint density at radius 1 is 1.31 bits per heavy atom. The summed E-state index contributed by atoms with van der Waals surface area (Å²) < 4.78 is 0. The summed E-state index contributed by atoms with van der Waals surface area (Å²) in [7, 11) is 2.03. The molecule has 1 aromatic heterocycles. The summed E-state index contributed by atoms with van der Waals surface area (Å²) in [6, 6.07) is 7.79. The Hall–Kier alpha value is -1.61. The topological polar surface area (TPSA) is 36.4 Å².